The molecule has 11 nitrogen and oxygen atoms in total. The minimum atomic E-state index is -2.83. The van der Waals surface area contributed by atoms with Crippen LogP contribution in [0.5, 0.6) is 5.75 Å². The third-order valence-electron chi connectivity index (χ3n) is 8.15. The van der Waals surface area contributed by atoms with Gasteiger partial charge in [-0.1, -0.05) is 0 Å². The van der Waals surface area contributed by atoms with Crippen LogP contribution in [0.1, 0.15) is 18.1 Å². The lowest BCUT2D eigenvalue weighted by Crippen LogP contribution is -2.79. The Hall–Kier alpha value is -2.99. The number of nitrogens with zero attached hydrogens (tertiary/aromatic N) is 1. The van der Waals surface area contributed by atoms with E-state index in [-0.39, 0.29) is 23.3 Å². The molecule has 1 aromatic rings. The van der Waals surface area contributed by atoms with Crippen LogP contribution in [0.3, 0.4) is 0 Å². The van der Waals surface area contributed by atoms with Crippen molar-refractivity contribution in [1.29, 1.82) is 0 Å². The number of hydrogen-bond donors (Lipinski definition) is 6. The van der Waals surface area contributed by atoms with E-state index in [1.807, 2.05) is 0 Å². The van der Waals surface area contributed by atoms with Crippen molar-refractivity contribution in [3.05, 3.63) is 28.8 Å². The second-order valence-corrected chi connectivity index (χ2v) is 9.93. The predicted molar refractivity (Wildman–Crippen MR) is 124 cm³/mol. The highest BCUT2D eigenvalue weighted by atomic mass is 16.5. The average molecular weight is 490 g/mol. The number of hydrogen-bond acceptors (Lipinski definition) is 10. The van der Waals surface area contributed by atoms with Gasteiger partial charge in [-0.3, -0.25) is 14.4 Å². The summed E-state index contributed by atoms with van der Waals surface area (Å²) >= 11 is 0. The molecule has 7 atom stereocenters. The molecule has 3 aliphatic rings. The number of aromatic hydroxyl groups is 1. The number of ketones is 2. The number of phenols is 1. The molecule has 0 saturated heterocycles. The number of rotatable bonds is 4. The maximum atomic E-state index is 14.0. The van der Waals surface area contributed by atoms with Gasteiger partial charge in [0.1, 0.15) is 16.9 Å². The van der Waals surface area contributed by atoms with Gasteiger partial charge in [0.2, 0.25) is 11.7 Å². The smallest absolute Gasteiger partial charge is 0.233 e. The number of benzene rings is 1. The fourth-order valence-corrected chi connectivity index (χ4v) is 6.32. The monoisotopic (exact) mass is 489 g/mol. The van der Waals surface area contributed by atoms with E-state index in [1.165, 1.54) is 18.1 Å². The number of ether oxygens (including phenoxy) is 1. The normalized spacial score (nSPS) is 36.5. The third-order valence-corrected chi connectivity index (χ3v) is 8.15. The molecule has 3 aliphatic carbocycles. The number of nitrogens with two attached hydrogens (primary N) is 1. The SMILES string of the molecule is CNc1ccc(O)c2c1C[C@@H]1C(=C2O)C(=O)[C@]2(O)C(=O)C(C)(C(N)=O)C(O)[C@@H](N(C)C)[C@@H]2[C@H]1OC. The molecule has 0 aromatic heterocycles. The molecule has 2 fully saturated rings. The molecule has 190 valence electrons. The Morgan fingerprint density at radius 3 is 2.40 bits per heavy atom. The highest BCUT2D eigenvalue weighted by Gasteiger charge is 2.74. The number of aliphatic hydroxyl groups excluding tert-OH is 2. The summed E-state index contributed by atoms with van der Waals surface area (Å²) in [6.07, 6.45) is -2.54. The molecule has 0 aliphatic heterocycles. The van der Waals surface area contributed by atoms with Crippen molar-refractivity contribution in [2.45, 2.75) is 37.2 Å². The zero-order valence-electron chi connectivity index (χ0n) is 20.2. The number of aliphatic hydroxyl groups is 3. The first-order valence-electron chi connectivity index (χ1n) is 11.2. The number of methoxy groups -OCH3 is 1. The topological polar surface area (TPSA) is 183 Å². The summed E-state index contributed by atoms with van der Waals surface area (Å²) in [7, 11) is 6.18. The van der Waals surface area contributed by atoms with Crippen molar-refractivity contribution >= 4 is 28.9 Å². The van der Waals surface area contributed by atoms with Gasteiger partial charge in [-0.15, -0.1) is 0 Å². The average Bonchev–Trinajstić information content (AvgIpc) is 2.80. The first-order valence-corrected chi connectivity index (χ1v) is 11.2. The van der Waals surface area contributed by atoms with Crippen molar-refractivity contribution in [1.82, 2.24) is 4.90 Å². The summed E-state index contributed by atoms with van der Waals surface area (Å²) in [5.41, 5.74) is 1.28. The summed E-state index contributed by atoms with van der Waals surface area (Å²) in [4.78, 5) is 41.6. The van der Waals surface area contributed by atoms with Gasteiger partial charge >= 0.3 is 0 Å². The Kier molecular flexibility index (Phi) is 5.75. The zero-order chi connectivity index (χ0) is 26.2. The van der Waals surface area contributed by atoms with E-state index in [4.69, 9.17) is 10.5 Å². The van der Waals surface area contributed by atoms with Gasteiger partial charge in [0, 0.05) is 43.3 Å². The van der Waals surface area contributed by atoms with Crippen LogP contribution < -0.4 is 11.1 Å². The molecule has 35 heavy (non-hydrogen) atoms. The molecule has 1 amide bonds. The standard InChI is InChI=1S/C24H31N3O8/c1-23(22(25)33)20(31)16(27(3)4)15-18(35-5)10-8-9-11(26-2)6-7-12(28)13(9)17(29)14(10)19(30)24(15,34)21(23)32/h6-7,10,15-16,18,20,26,28-29,31,34H,8H2,1-5H3,(H2,25,33)/t10-,15-,16+,18+,20?,23?,24+/m1/s1. The lowest BCUT2D eigenvalue weighted by Gasteiger charge is -2.58. The Morgan fingerprint density at radius 1 is 1.26 bits per heavy atom. The largest absolute Gasteiger partial charge is 0.507 e. The van der Waals surface area contributed by atoms with Gasteiger partial charge < -0.3 is 41.1 Å². The van der Waals surface area contributed by atoms with E-state index in [0.717, 1.165) is 6.92 Å². The molecule has 2 unspecified atom stereocenters. The Morgan fingerprint density at radius 2 is 1.89 bits per heavy atom. The van der Waals surface area contributed by atoms with Gasteiger partial charge in [-0.2, -0.15) is 0 Å². The molecule has 0 spiro atoms. The van der Waals surface area contributed by atoms with Crippen molar-refractivity contribution in [2.24, 2.45) is 23.0 Å². The van der Waals surface area contributed by atoms with Crippen molar-refractivity contribution < 1.29 is 39.5 Å². The maximum Gasteiger partial charge on any atom is 0.233 e. The van der Waals surface area contributed by atoms with Crippen LogP contribution in [0.4, 0.5) is 5.69 Å². The summed E-state index contributed by atoms with van der Waals surface area (Å²) in [5, 5.41) is 47.9. The second-order valence-electron chi connectivity index (χ2n) is 9.93. The predicted octanol–water partition coefficient (Wildman–Crippen LogP) is -0.814. The molecule has 0 bridgehead atoms. The van der Waals surface area contributed by atoms with Crippen LogP contribution in [0.2, 0.25) is 0 Å². The van der Waals surface area contributed by atoms with E-state index in [1.54, 1.807) is 27.2 Å². The third kappa shape index (κ3) is 2.95. The number of anilines is 1. The minimum Gasteiger partial charge on any atom is -0.507 e. The van der Waals surface area contributed by atoms with Crippen molar-refractivity contribution in [2.75, 3.05) is 33.6 Å². The molecular formula is C24H31N3O8. The number of nitrogens with one attached hydrogen (secondary N) is 1. The molecule has 2 saturated carbocycles. The molecule has 0 heterocycles. The fraction of sp³-hybridized carbons (Fsp3) is 0.542. The van der Waals surface area contributed by atoms with Crippen LogP contribution in [0.15, 0.2) is 17.7 Å². The maximum absolute atomic E-state index is 14.0. The van der Waals surface area contributed by atoms with Crippen molar-refractivity contribution in [3.8, 4) is 5.75 Å². The Labute approximate surface area is 202 Å². The van der Waals surface area contributed by atoms with Crippen LogP contribution in [-0.4, -0.2) is 94.9 Å². The van der Waals surface area contributed by atoms with E-state index in [2.05, 4.69) is 5.32 Å². The molecule has 0 radical (unpaired) electrons. The Balaban J connectivity index is 2.05. The molecule has 1 aromatic carbocycles. The van der Waals surface area contributed by atoms with Gasteiger partial charge in [0.25, 0.3) is 0 Å². The number of amides is 1. The number of phenolic OH excluding ortho intramolecular Hbond substituents is 1. The van der Waals surface area contributed by atoms with E-state index >= 15 is 0 Å². The van der Waals surface area contributed by atoms with E-state index in [9.17, 15) is 34.8 Å². The lowest BCUT2D eigenvalue weighted by molar-refractivity contribution is -0.211. The fourth-order valence-electron chi connectivity index (χ4n) is 6.32. The first kappa shape index (κ1) is 25.1. The van der Waals surface area contributed by atoms with Crippen LogP contribution in [-0.2, 0) is 25.5 Å². The lowest BCUT2D eigenvalue weighted by atomic mass is 9.50. The van der Waals surface area contributed by atoms with Gasteiger partial charge in [0.05, 0.1) is 17.8 Å². The van der Waals surface area contributed by atoms with Crippen LogP contribution in [0.25, 0.3) is 5.76 Å². The summed E-state index contributed by atoms with van der Waals surface area (Å²) in [6, 6.07) is 1.90. The molecule has 4 rings (SSSR count). The molecule has 11 heteroatoms. The van der Waals surface area contributed by atoms with E-state index < -0.39 is 64.3 Å². The number of likely N-dealkylation sites (N-methyl/N-ethyl adjacent to an activating group) is 1. The summed E-state index contributed by atoms with van der Waals surface area (Å²) in [5.74, 6) is -6.51. The number of Topliss-reactive ketones (excluding diaryl/α,β-unsaturated/α-hetero) is 2. The van der Waals surface area contributed by atoms with Crippen LogP contribution >= 0.6 is 0 Å². The summed E-state index contributed by atoms with van der Waals surface area (Å²) < 4.78 is 5.77. The number of carbonyl (C=O) groups is 3. The van der Waals surface area contributed by atoms with Crippen LogP contribution in [0, 0.1) is 17.3 Å². The van der Waals surface area contributed by atoms with E-state index in [0.29, 0.717) is 11.3 Å². The Bertz CT molecular complexity index is 1160. The van der Waals surface area contributed by atoms with Crippen molar-refractivity contribution in [3.63, 3.8) is 0 Å². The number of carbonyl (C=O) groups excluding carboxylic acids is 3. The highest BCUT2D eigenvalue weighted by Crippen LogP contribution is 2.55. The number of fused-ring (bicyclic) bond motifs is 3. The second kappa shape index (κ2) is 8.02. The quantitative estimate of drug-likeness (QED) is 0.231. The molecule has 7 N–H and O–H groups in total. The summed E-state index contributed by atoms with van der Waals surface area (Å²) in [6.45, 7) is 1.10. The minimum absolute atomic E-state index is 0.0125. The zero-order valence-corrected chi connectivity index (χ0v) is 20.2. The van der Waals surface area contributed by atoms with Gasteiger partial charge in [-0.25, -0.2) is 0 Å². The first-order chi connectivity index (χ1) is 16.3. The van der Waals surface area contributed by atoms with Gasteiger partial charge in [-0.05, 0) is 45.1 Å². The van der Waals surface area contributed by atoms with Gasteiger partial charge in [0.15, 0.2) is 11.4 Å². The number of primary amides is 1. The highest BCUT2D eigenvalue weighted by molar-refractivity contribution is 6.26. The molecular weight excluding hydrogens is 458 g/mol.